The highest BCUT2D eigenvalue weighted by atomic mass is 35.5. The molecule has 10 nitrogen and oxygen atoms in total. The summed E-state index contributed by atoms with van der Waals surface area (Å²) in [6.45, 7) is 5.57. The van der Waals surface area contributed by atoms with Crippen molar-refractivity contribution >= 4 is 23.6 Å². The summed E-state index contributed by atoms with van der Waals surface area (Å²) in [5, 5.41) is 30.1. The van der Waals surface area contributed by atoms with E-state index in [-0.39, 0.29) is 11.5 Å². The molecular formula is C26H24ClF3N4O6. The van der Waals surface area contributed by atoms with Crippen LogP contribution in [-0.2, 0) is 11.6 Å². The first-order chi connectivity index (χ1) is 18.6. The molecule has 0 radical (unpaired) electrons. The Morgan fingerprint density at radius 2 is 1.80 bits per heavy atom. The van der Waals surface area contributed by atoms with Gasteiger partial charge in [-0.3, -0.25) is 18.7 Å². The molecule has 212 valence electrons. The van der Waals surface area contributed by atoms with E-state index in [1.165, 1.54) is 39.2 Å². The summed E-state index contributed by atoms with van der Waals surface area (Å²) >= 11 is 6.10. The second kappa shape index (κ2) is 11.6. The lowest BCUT2D eigenvalue weighted by Crippen LogP contribution is -2.36. The van der Waals surface area contributed by atoms with Crippen LogP contribution in [-0.4, -0.2) is 35.3 Å². The second-order valence-corrected chi connectivity index (χ2v) is 9.27. The van der Waals surface area contributed by atoms with Gasteiger partial charge in [-0.25, -0.2) is 23.1 Å². The second-order valence-electron chi connectivity index (χ2n) is 8.89. The fraction of sp³-hybridized carbons (Fsp3) is 0.231. The molecule has 0 bridgehead atoms. The number of aliphatic imine (C=N–C) groups is 1. The average molecular weight is 581 g/mol. The lowest BCUT2D eigenvalue weighted by Gasteiger charge is -2.23. The predicted molar refractivity (Wildman–Crippen MR) is 140 cm³/mol. The van der Waals surface area contributed by atoms with Gasteiger partial charge in [0, 0.05) is 36.4 Å². The molecule has 3 aromatic rings. The van der Waals surface area contributed by atoms with E-state index < -0.39 is 62.2 Å². The van der Waals surface area contributed by atoms with Crippen LogP contribution in [0.25, 0.3) is 6.20 Å². The number of aryl methyl sites for hydroxylation is 1. The van der Waals surface area contributed by atoms with Crippen molar-refractivity contribution in [3.8, 4) is 5.75 Å². The first-order valence-corrected chi connectivity index (χ1v) is 11.8. The van der Waals surface area contributed by atoms with E-state index >= 15 is 0 Å². The van der Waals surface area contributed by atoms with Gasteiger partial charge in [0.2, 0.25) is 0 Å². The molecule has 0 aliphatic rings. The smallest absolute Gasteiger partial charge is 0.372 e. The maximum Gasteiger partial charge on any atom is 0.372 e. The fourth-order valence-corrected chi connectivity index (χ4v) is 3.72. The van der Waals surface area contributed by atoms with Crippen LogP contribution < -0.4 is 15.9 Å². The zero-order valence-electron chi connectivity index (χ0n) is 21.6. The molecule has 3 rings (SSSR count). The van der Waals surface area contributed by atoms with Crippen molar-refractivity contribution in [3.63, 3.8) is 0 Å². The maximum atomic E-state index is 14.4. The summed E-state index contributed by atoms with van der Waals surface area (Å²) in [6, 6.07) is 2.45. The molecule has 3 aromatic heterocycles. The van der Waals surface area contributed by atoms with Crippen molar-refractivity contribution in [2.45, 2.75) is 39.3 Å². The van der Waals surface area contributed by atoms with Crippen LogP contribution in [0.3, 0.4) is 0 Å². The summed E-state index contributed by atoms with van der Waals surface area (Å²) < 4.78 is 48.5. The van der Waals surface area contributed by atoms with Crippen molar-refractivity contribution in [2.24, 2.45) is 4.99 Å². The van der Waals surface area contributed by atoms with Crippen molar-refractivity contribution < 1.29 is 33.2 Å². The maximum absolute atomic E-state index is 14.4. The van der Waals surface area contributed by atoms with Gasteiger partial charge in [-0.15, -0.1) is 0 Å². The molecule has 0 aliphatic carbocycles. The number of aliphatic hydroxyl groups is 3. The highest BCUT2D eigenvalue weighted by Gasteiger charge is 2.36. The molecule has 0 atom stereocenters. The molecule has 0 amide bonds. The largest absolute Gasteiger partial charge is 0.433 e. The van der Waals surface area contributed by atoms with Crippen LogP contribution in [0.15, 0.2) is 63.5 Å². The first-order valence-electron chi connectivity index (χ1n) is 11.5. The lowest BCUT2D eigenvalue weighted by atomic mass is 9.99. The molecular weight excluding hydrogens is 557 g/mol. The third-order valence-electron chi connectivity index (χ3n) is 5.34. The topological polar surface area (TPSA) is 139 Å². The van der Waals surface area contributed by atoms with Gasteiger partial charge in [0.15, 0.2) is 17.3 Å². The molecule has 0 saturated carbocycles. The summed E-state index contributed by atoms with van der Waals surface area (Å²) in [5.74, 6) is -7.47. The van der Waals surface area contributed by atoms with Gasteiger partial charge in [-0.05, 0) is 39.8 Å². The van der Waals surface area contributed by atoms with Crippen molar-refractivity contribution in [3.05, 3.63) is 109 Å². The van der Waals surface area contributed by atoms with Crippen LogP contribution in [0.4, 0.5) is 13.2 Å². The Morgan fingerprint density at radius 1 is 1.12 bits per heavy atom. The lowest BCUT2D eigenvalue weighted by molar-refractivity contribution is -0.308. The van der Waals surface area contributed by atoms with Crippen LogP contribution in [0.5, 0.6) is 5.75 Å². The molecule has 0 aromatic carbocycles. The third kappa shape index (κ3) is 6.39. The summed E-state index contributed by atoms with van der Waals surface area (Å²) in [4.78, 5) is 33.4. The number of nitrogens with zero attached hydrogens (tertiary/aromatic N) is 4. The van der Waals surface area contributed by atoms with Crippen LogP contribution in [0.2, 0.25) is 5.02 Å². The monoisotopic (exact) mass is 580 g/mol. The van der Waals surface area contributed by atoms with Gasteiger partial charge in [0.25, 0.3) is 11.1 Å². The number of aromatic nitrogens is 3. The predicted octanol–water partition coefficient (Wildman–Crippen LogP) is 3.14. The van der Waals surface area contributed by atoms with Gasteiger partial charge in [-0.1, -0.05) is 17.7 Å². The summed E-state index contributed by atoms with van der Waals surface area (Å²) in [6.07, 6.45) is 6.94. The van der Waals surface area contributed by atoms with Crippen molar-refractivity contribution in [1.82, 2.24) is 14.1 Å². The Balaban J connectivity index is 2.06. The van der Waals surface area contributed by atoms with Gasteiger partial charge < -0.3 is 20.1 Å². The molecule has 0 spiro atoms. The van der Waals surface area contributed by atoms with E-state index in [0.717, 1.165) is 27.5 Å². The highest BCUT2D eigenvalue weighted by molar-refractivity contribution is 6.31. The minimum atomic E-state index is -3.42. The van der Waals surface area contributed by atoms with Crippen molar-refractivity contribution in [2.75, 3.05) is 0 Å². The number of hydrogen-bond acceptors (Lipinski definition) is 8. The zero-order chi connectivity index (χ0) is 30.0. The Morgan fingerprint density at radius 3 is 2.40 bits per heavy atom. The number of rotatable bonds is 7. The molecule has 40 heavy (non-hydrogen) atoms. The minimum absolute atomic E-state index is 0.0704. The van der Waals surface area contributed by atoms with Gasteiger partial charge in [-0.2, -0.15) is 0 Å². The highest BCUT2D eigenvalue weighted by Crippen LogP contribution is 2.29. The Hall–Kier alpha value is -4.04. The first kappa shape index (κ1) is 30.5. The molecule has 3 N–H and O–H groups in total. The number of halogens is 4. The number of allylic oxidation sites excluding steroid dienone is 2. The van der Waals surface area contributed by atoms with Gasteiger partial charge in [0.05, 0.1) is 17.4 Å². The van der Waals surface area contributed by atoms with E-state index in [4.69, 9.17) is 16.3 Å². The average Bonchev–Trinajstić information content (AvgIpc) is 2.83. The third-order valence-corrected chi connectivity index (χ3v) is 5.69. The summed E-state index contributed by atoms with van der Waals surface area (Å²) in [5.41, 5.74) is -5.08. The normalized spacial score (nSPS) is 13.0. The van der Waals surface area contributed by atoms with Crippen LogP contribution in [0, 0.1) is 24.4 Å². The number of ether oxygens (including phenoxy) is 1. The fourth-order valence-electron chi connectivity index (χ4n) is 3.53. The molecule has 14 heteroatoms. The minimum Gasteiger partial charge on any atom is -0.433 e. The van der Waals surface area contributed by atoms with E-state index in [0.29, 0.717) is 12.3 Å². The Bertz CT molecular complexity index is 1660. The molecule has 0 fully saturated rings. The quantitative estimate of drug-likeness (QED) is 0.222. The molecule has 0 saturated heterocycles. The molecule has 0 aliphatic heterocycles. The number of hydrogen-bond donors (Lipinski definition) is 3. The SMILES string of the molecule is C/C=C/N=C(/C=C/n1c(C)cc(OC(O)(O)c2ncc(F)cc2F)c(Cl)c1=O)n1ccc(F)c(C(C)(C)O)c1=O. The molecule has 0 unspecified atom stereocenters. The van der Waals surface area contributed by atoms with Gasteiger partial charge >= 0.3 is 5.97 Å². The van der Waals surface area contributed by atoms with E-state index in [1.807, 2.05) is 0 Å². The van der Waals surface area contributed by atoms with Crippen LogP contribution >= 0.6 is 11.6 Å². The van der Waals surface area contributed by atoms with Gasteiger partial charge in [0.1, 0.15) is 22.5 Å². The Kier molecular flexibility index (Phi) is 8.84. The van der Waals surface area contributed by atoms with E-state index in [2.05, 4.69) is 9.98 Å². The van der Waals surface area contributed by atoms with Crippen LogP contribution in [0.1, 0.15) is 37.7 Å². The standard InChI is InChI=1S/C26H24ClF3N4O6/c1-5-8-31-19(34-9-6-16(29)20(23(34)35)25(3,4)37)7-10-33-14(2)11-18(21(27)24(33)36)40-26(38,39)22-17(30)12-15(28)13-32-22/h5-13,37-39H,1-4H3/b8-5+,10-7+,31-19-. The summed E-state index contributed by atoms with van der Waals surface area (Å²) in [7, 11) is 0. The number of pyridine rings is 3. The zero-order valence-corrected chi connectivity index (χ0v) is 22.3. The van der Waals surface area contributed by atoms with Crippen molar-refractivity contribution in [1.29, 1.82) is 0 Å². The Labute approximate surface area is 230 Å². The molecule has 3 heterocycles. The van der Waals surface area contributed by atoms with E-state index in [9.17, 15) is 38.1 Å². The van der Waals surface area contributed by atoms with E-state index in [1.54, 1.807) is 13.0 Å².